The number of benzene rings is 2. The van der Waals surface area contributed by atoms with Crippen molar-refractivity contribution in [3.63, 3.8) is 0 Å². The van der Waals surface area contributed by atoms with Crippen LogP contribution in [-0.4, -0.2) is 45.4 Å². The number of piperidine rings is 1. The number of anilines is 1. The first-order valence-corrected chi connectivity index (χ1v) is 11.1. The Morgan fingerprint density at radius 2 is 1.75 bits per heavy atom. The summed E-state index contributed by atoms with van der Waals surface area (Å²) in [4.78, 5) is 2.56. The first kappa shape index (κ1) is 21.0. The van der Waals surface area contributed by atoms with Crippen LogP contribution in [0.25, 0.3) is 22.0 Å². The molecule has 2 heterocycles. The second-order valence-electron chi connectivity index (χ2n) is 8.74. The summed E-state index contributed by atoms with van der Waals surface area (Å²) in [6.45, 7) is 2.11. The molecule has 3 aromatic rings. The zero-order chi connectivity index (χ0) is 22.3. The molecular weight excluding hydrogens is 417 g/mol. The molecule has 5 rings (SSSR count). The fourth-order valence-corrected chi connectivity index (χ4v) is 4.72. The lowest BCUT2D eigenvalue weighted by Crippen LogP contribution is -2.49. The summed E-state index contributed by atoms with van der Waals surface area (Å²) in [6, 6.07) is 11.4. The van der Waals surface area contributed by atoms with Crippen LogP contribution < -0.4 is 5.32 Å². The largest absolute Gasteiger partial charge is 0.507 e. The summed E-state index contributed by atoms with van der Waals surface area (Å²) in [5.41, 5.74) is -0.318. The molecule has 5 nitrogen and oxygen atoms in total. The third-order valence-electron chi connectivity index (χ3n) is 6.65. The Hall–Kier alpha value is -2.87. The third-order valence-corrected chi connectivity index (χ3v) is 6.65. The van der Waals surface area contributed by atoms with Gasteiger partial charge in [-0.3, -0.25) is 4.90 Å². The summed E-state index contributed by atoms with van der Waals surface area (Å²) in [5.74, 6) is 0.194. The number of alkyl halides is 3. The van der Waals surface area contributed by atoms with Crippen molar-refractivity contribution in [3.8, 4) is 17.0 Å². The van der Waals surface area contributed by atoms with Crippen molar-refractivity contribution >= 4 is 16.6 Å². The van der Waals surface area contributed by atoms with Crippen molar-refractivity contribution in [2.45, 2.75) is 50.4 Å². The van der Waals surface area contributed by atoms with Crippen molar-refractivity contribution in [3.05, 3.63) is 48.0 Å². The lowest BCUT2D eigenvalue weighted by Gasteiger charge is -2.42. The molecule has 2 aliphatic rings. The van der Waals surface area contributed by atoms with Gasteiger partial charge in [0.2, 0.25) is 0 Å². The summed E-state index contributed by atoms with van der Waals surface area (Å²) < 4.78 is 39.0. The van der Waals surface area contributed by atoms with E-state index in [1.54, 1.807) is 0 Å². The van der Waals surface area contributed by atoms with Crippen LogP contribution in [0.2, 0.25) is 0 Å². The highest BCUT2D eigenvalue weighted by Gasteiger charge is 2.32. The van der Waals surface area contributed by atoms with Crippen LogP contribution in [0.1, 0.15) is 37.7 Å². The number of phenols is 1. The molecule has 0 spiro atoms. The molecule has 1 saturated heterocycles. The number of halogens is 3. The highest BCUT2D eigenvalue weighted by molar-refractivity contribution is 6.00. The van der Waals surface area contributed by atoms with Crippen molar-refractivity contribution in [2.75, 3.05) is 18.4 Å². The van der Waals surface area contributed by atoms with Gasteiger partial charge in [-0.15, -0.1) is 10.2 Å². The van der Waals surface area contributed by atoms with Crippen LogP contribution in [-0.2, 0) is 6.18 Å². The van der Waals surface area contributed by atoms with Crippen LogP contribution in [0.4, 0.5) is 19.0 Å². The molecule has 168 valence electrons. The van der Waals surface area contributed by atoms with E-state index in [-0.39, 0.29) is 11.6 Å². The molecular formula is C24H25F3N4O. The van der Waals surface area contributed by atoms with Crippen LogP contribution in [0.15, 0.2) is 42.5 Å². The molecule has 1 aromatic heterocycles. The van der Waals surface area contributed by atoms with E-state index >= 15 is 0 Å². The van der Waals surface area contributed by atoms with E-state index in [1.165, 1.54) is 25.3 Å². The molecule has 0 unspecified atom stereocenters. The van der Waals surface area contributed by atoms with Gasteiger partial charge in [0.05, 0.1) is 5.56 Å². The molecule has 8 heteroatoms. The Morgan fingerprint density at radius 3 is 2.44 bits per heavy atom. The monoisotopic (exact) mass is 442 g/mol. The fraction of sp³-hybridized carbons (Fsp3) is 0.417. The first-order valence-electron chi connectivity index (χ1n) is 11.1. The van der Waals surface area contributed by atoms with Crippen LogP contribution >= 0.6 is 0 Å². The van der Waals surface area contributed by atoms with Crippen molar-refractivity contribution in [1.82, 2.24) is 15.1 Å². The second-order valence-corrected chi connectivity index (χ2v) is 8.74. The van der Waals surface area contributed by atoms with Crippen LogP contribution in [0.5, 0.6) is 5.75 Å². The molecule has 2 aromatic carbocycles. The SMILES string of the molecule is Oc1cc(C(F)(F)F)ccc1-c1nnc(N[C@@H]2CCCN(C3CCC3)C2)c2ccccc12. The molecule has 0 amide bonds. The van der Waals surface area contributed by atoms with Gasteiger partial charge in [0.1, 0.15) is 11.4 Å². The smallest absolute Gasteiger partial charge is 0.416 e. The number of nitrogens with zero attached hydrogens (tertiary/aromatic N) is 3. The quantitative estimate of drug-likeness (QED) is 0.563. The maximum Gasteiger partial charge on any atom is 0.416 e. The minimum atomic E-state index is -4.52. The topological polar surface area (TPSA) is 61.3 Å². The van der Waals surface area contributed by atoms with Gasteiger partial charge in [-0.25, -0.2) is 0 Å². The predicted molar refractivity (Wildman–Crippen MR) is 117 cm³/mol. The predicted octanol–water partition coefficient (Wildman–Crippen LogP) is 5.45. The van der Waals surface area contributed by atoms with Crippen LogP contribution in [0.3, 0.4) is 0 Å². The number of aromatic hydroxyl groups is 1. The summed E-state index contributed by atoms with van der Waals surface area (Å²) in [7, 11) is 0. The first-order chi connectivity index (χ1) is 15.4. The van der Waals surface area contributed by atoms with Gasteiger partial charge in [-0.2, -0.15) is 13.2 Å². The second kappa shape index (κ2) is 8.24. The van der Waals surface area contributed by atoms with Gasteiger partial charge >= 0.3 is 6.18 Å². The Morgan fingerprint density at radius 1 is 0.969 bits per heavy atom. The third kappa shape index (κ3) is 3.99. The zero-order valence-corrected chi connectivity index (χ0v) is 17.6. The van der Waals surface area contributed by atoms with E-state index in [2.05, 4.69) is 20.4 Å². The number of rotatable bonds is 4. The van der Waals surface area contributed by atoms with Gasteiger partial charge in [-0.05, 0) is 50.4 Å². The lowest BCUT2D eigenvalue weighted by molar-refractivity contribution is -0.137. The number of nitrogens with one attached hydrogen (secondary N) is 1. The van der Waals surface area contributed by atoms with Crippen molar-refractivity contribution in [1.29, 1.82) is 0 Å². The molecule has 2 fully saturated rings. The minimum absolute atomic E-state index is 0.224. The standard InChI is InChI=1S/C24H25F3N4O/c25-24(26,27)15-10-11-20(21(32)13-15)22-18-8-1-2-9-19(18)23(30-29-22)28-16-5-4-12-31(14-16)17-6-3-7-17/h1-2,8-11,13,16-17,32H,3-7,12,14H2,(H,28,30)/t16-/m1/s1. The highest BCUT2D eigenvalue weighted by atomic mass is 19.4. The molecule has 1 aliphatic carbocycles. The van der Waals surface area contributed by atoms with Gasteiger partial charge < -0.3 is 10.4 Å². The van der Waals surface area contributed by atoms with E-state index in [9.17, 15) is 18.3 Å². The highest BCUT2D eigenvalue weighted by Crippen LogP contribution is 2.39. The molecule has 0 bridgehead atoms. The Balaban J connectivity index is 1.46. The van der Waals surface area contributed by atoms with Gasteiger partial charge in [0.25, 0.3) is 0 Å². The van der Waals surface area contributed by atoms with Crippen LogP contribution in [0, 0.1) is 0 Å². The van der Waals surface area contributed by atoms with Crippen molar-refractivity contribution in [2.24, 2.45) is 0 Å². The maximum absolute atomic E-state index is 13.0. The van der Waals surface area contributed by atoms with Gasteiger partial charge in [0.15, 0.2) is 5.82 Å². The number of phenolic OH excluding ortho intramolecular Hbond substituents is 1. The number of hydrogen-bond donors (Lipinski definition) is 2. The van der Waals surface area contributed by atoms with Gasteiger partial charge in [0, 0.05) is 35.0 Å². The summed E-state index contributed by atoms with van der Waals surface area (Å²) in [6.07, 6.45) is 1.54. The maximum atomic E-state index is 13.0. The molecule has 32 heavy (non-hydrogen) atoms. The average molecular weight is 442 g/mol. The lowest BCUT2D eigenvalue weighted by atomic mass is 9.89. The minimum Gasteiger partial charge on any atom is -0.507 e. The number of likely N-dealkylation sites (tertiary alicyclic amines) is 1. The Labute approximate surface area is 184 Å². The van der Waals surface area contributed by atoms with E-state index < -0.39 is 17.5 Å². The molecule has 1 atom stereocenters. The molecule has 2 N–H and O–H groups in total. The number of hydrogen-bond acceptors (Lipinski definition) is 5. The van der Waals surface area contributed by atoms with E-state index in [0.29, 0.717) is 17.6 Å². The fourth-order valence-electron chi connectivity index (χ4n) is 4.72. The van der Waals surface area contributed by atoms with E-state index in [4.69, 9.17) is 0 Å². The van der Waals surface area contributed by atoms with E-state index in [0.717, 1.165) is 48.8 Å². The molecule has 0 radical (unpaired) electrons. The molecule has 1 aliphatic heterocycles. The number of aromatic nitrogens is 2. The average Bonchev–Trinajstić information content (AvgIpc) is 2.73. The Bertz CT molecular complexity index is 1130. The number of fused-ring (bicyclic) bond motifs is 1. The Kier molecular flexibility index (Phi) is 5.41. The van der Waals surface area contributed by atoms with E-state index in [1.807, 2.05) is 24.3 Å². The van der Waals surface area contributed by atoms with Gasteiger partial charge in [-0.1, -0.05) is 30.7 Å². The van der Waals surface area contributed by atoms with Crippen molar-refractivity contribution < 1.29 is 18.3 Å². The summed E-state index contributed by atoms with van der Waals surface area (Å²) in [5, 5.41) is 24.1. The zero-order valence-electron chi connectivity index (χ0n) is 17.6. The summed E-state index contributed by atoms with van der Waals surface area (Å²) >= 11 is 0. The molecule has 1 saturated carbocycles. The normalized spacial score (nSPS) is 20.3.